The van der Waals surface area contributed by atoms with Crippen molar-refractivity contribution in [2.24, 2.45) is 0 Å². The molecule has 0 radical (unpaired) electrons. The van der Waals surface area contributed by atoms with Crippen LogP contribution in [-0.2, 0) is 0 Å². The van der Waals surface area contributed by atoms with Gasteiger partial charge in [-0.2, -0.15) is 0 Å². The minimum atomic E-state index is -0.0805. The molecular weight excluding hydrogens is 251 g/mol. The average molecular weight is 279 g/mol. The maximum atomic E-state index is 4.81. The van der Waals surface area contributed by atoms with Crippen molar-refractivity contribution in [1.29, 1.82) is 0 Å². The van der Waals surface area contributed by atoms with Crippen LogP contribution in [0.2, 0.25) is 0 Å². The molecule has 1 rings (SSSR count). The second-order valence-electron chi connectivity index (χ2n) is 5.69. The molecule has 0 amide bonds. The van der Waals surface area contributed by atoms with E-state index < -0.39 is 0 Å². The normalized spacial score (nSPS) is 11.9. The van der Waals surface area contributed by atoms with E-state index in [2.05, 4.69) is 70.2 Å². The number of benzene rings is 1. The first kappa shape index (κ1) is 16.5. The van der Waals surface area contributed by atoms with Crippen molar-refractivity contribution in [3.63, 3.8) is 0 Å². The topological polar surface area (TPSA) is 17.3 Å². The van der Waals surface area contributed by atoms with Crippen molar-refractivity contribution in [1.82, 2.24) is 4.90 Å². The first-order chi connectivity index (χ1) is 8.93. The van der Waals surface area contributed by atoms with Gasteiger partial charge in [0.15, 0.2) is 0 Å². The number of nitrogens with zero attached hydrogens (tertiary/aromatic N) is 2. The molecule has 0 aliphatic rings. The molecule has 0 saturated heterocycles. The van der Waals surface area contributed by atoms with Gasteiger partial charge in [-0.15, -0.1) is 12.2 Å². The van der Waals surface area contributed by atoms with Gasteiger partial charge in [0.25, 0.3) is 0 Å². The minimum Gasteiger partial charge on any atom is -0.683 e. The van der Waals surface area contributed by atoms with Gasteiger partial charge in [-0.05, 0) is 52.9 Å². The summed E-state index contributed by atoms with van der Waals surface area (Å²) >= 11 is 0. The standard InChI is InChI=1S/C16H28N2P/c1-13(2)18(14(3)4)12-11-17-15-9-7-8-10-16(15)19(5)6/h7-10,13-14H,11-12H2,1-6H3/q-1. The van der Waals surface area contributed by atoms with Crippen LogP contribution in [0.1, 0.15) is 27.7 Å². The molecule has 108 valence electrons. The van der Waals surface area contributed by atoms with E-state index in [-0.39, 0.29) is 7.92 Å². The fraction of sp³-hybridized carbons (Fsp3) is 0.625. The smallest absolute Gasteiger partial charge is 0.00406 e. The molecule has 0 spiro atoms. The molecule has 0 N–H and O–H groups in total. The Morgan fingerprint density at radius 2 is 1.63 bits per heavy atom. The highest BCUT2D eigenvalue weighted by Gasteiger charge is 2.10. The fourth-order valence-electron chi connectivity index (χ4n) is 2.37. The van der Waals surface area contributed by atoms with E-state index in [1.165, 1.54) is 11.0 Å². The van der Waals surface area contributed by atoms with E-state index in [1.807, 2.05) is 0 Å². The highest BCUT2D eigenvalue weighted by molar-refractivity contribution is 7.64. The summed E-state index contributed by atoms with van der Waals surface area (Å²) in [6.45, 7) is 15.5. The lowest BCUT2D eigenvalue weighted by Gasteiger charge is -2.35. The van der Waals surface area contributed by atoms with Crippen molar-refractivity contribution >= 4 is 18.9 Å². The molecule has 0 heterocycles. The molecule has 3 heteroatoms. The first-order valence-electron chi connectivity index (χ1n) is 7.13. The zero-order valence-electron chi connectivity index (χ0n) is 13.2. The van der Waals surface area contributed by atoms with Crippen LogP contribution < -0.4 is 5.30 Å². The van der Waals surface area contributed by atoms with Crippen LogP contribution in [0.25, 0.3) is 5.32 Å². The summed E-state index contributed by atoms with van der Waals surface area (Å²) in [6.07, 6.45) is 0. The summed E-state index contributed by atoms with van der Waals surface area (Å²) in [4.78, 5) is 2.49. The van der Waals surface area contributed by atoms with Gasteiger partial charge in [0.05, 0.1) is 0 Å². The lowest BCUT2D eigenvalue weighted by Crippen LogP contribution is -2.38. The summed E-state index contributed by atoms with van der Waals surface area (Å²) in [7, 11) is -0.0805. The van der Waals surface area contributed by atoms with E-state index in [1.54, 1.807) is 0 Å². The van der Waals surface area contributed by atoms with E-state index >= 15 is 0 Å². The van der Waals surface area contributed by atoms with Crippen LogP contribution >= 0.6 is 7.92 Å². The number of rotatable bonds is 7. The Morgan fingerprint density at radius 1 is 1.05 bits per heavy atom. The average Bonchev–Trinajstić information content (AvgIpc) is 2.33. The Bertz CT molecular complexity index is 367. The van der Waals surface area contributed by atoms with Gasteiger partial charge in [-0.1, -0.05) is 32.2 Å². The molecular formula is C16H28N2P-. The summed E-state index contributed by atoms with van der Waals surface area (Å²) in [6, 6.07) is 9.73. The second-order valence-corrected chi connectivity index (χ2v) is 7.96. The van der Waals surface area contributed by atoms with Crippen molar-refractivity contribution < 1.29 is 0 Å². The number of para-hydroxylation sites is 1. The molecule has 0 aliphatic carbocycles. The lowest BCUT2D eigenvalue weighted by molar-refractivity contribution is 0.183. The summed E-state index contributed by atoms with van der Waals surface area (Å²) in [5, 5.41) is 6.22. The zero-order valence-corrected chi connectivity index (χ0v) is 14.1. The Hall–Kier alpha value is -0.590. The lowest BCUT2D eigenvalue weighted by atomic mass is 10.2. The third kappa shape index (κ3) is 5.12. The Balaban J connectivity index is 2.58. The maximum Gasteiger partial charge on any atom is 0.00406 e. The van der Waals surface area contributed by atoms with Crippen LogP contribution in [0.15, 0.2) is 24.3 Å². The summed E-state index contributed by atoms with van der Waals surface area (Å²) in [5.74, 6) is 0. The molecule has 0 saturated carbocycles. The van der Waals surface area contributed by atoms with Crippen LogP contribution in [0.3, 0.4) is 0 Å². The fourth-order valence-corrected chi connectivity index (χ4v) is 3.36. The maximum absolute atomic E-state index is 4.81. The third-order valence-corrected chi connectivity index (χ3v) is 4.67. The molecule has 1 aromatic rings. The van der Waals surface area contributed by atoms with Crippen LogP contribution in [0.4, 0.5) is 5.69 Å². The molecule has 0 fully saturated rings. The van der Waals surface area contributed by atoms with Crippen molar-refractivity contribution in [2.75, 3.05) is 26.4 Å². The Morgan fingerprint density at radius 3 is 2.16 bits per heavy atom. The highest BCUT2D eigenvalue weighted by atomic mass is 31.1. The monoisotopic (exact) mass is 279 g/mol. The van der Waals surface area contributed by atoms with E-state index in [0.29, 0.717) is 12.1 Å². The van der Waals surface area contributed by atoms with E-state index in [4.69, 9.17) is 5.32 Å². The molecule has 0 aromatic heterocycles. The Kier molecular flexibility index (Phi) is 6.82. The number of hydrogen-bond acceptors (Lipinski definition) is 1. The van der Waals surface area contributed by atoms with Gasteiger partial charge in [0.1, 0.15) is 0 Å². The van der Waals surface area contributed by atoms with Crippen molar-refractivity contribution in [2.45, 2.75) is 39.8 Å². The quantitative estimate of drug-likeness (QED) is 0.684. The molecule has 0 atom stereocenters. The predicted octanol–water partition coefficient (Wildman–Crippen LogP) is 4.18. The number of hydrogen-bond donors (Lipinski definition) is 0. The van der Waals surface area contributed by atoms with Crippen molar-refractivity contribution in [3.8, 4) is 0 Å². The molecule has 0 unspecified atom stereocenters. The van der Waals surface area contributed by atoms with Gasteiger partial charge in [0.2, 0.25) is 0 Å². The van der Waals surface area contributed by atoms with Crippen molar-refractivity contribution in [3.05, 3.63) is 29.6 Å². The molecule has 0 bridgehead atoms. The van der Waals surface area contributed by atoms with Gasteiger partial charge in [0, 0.05) is 12.1 Å². The van der Waals surface area contributed by atoms with Gasteiger partial charge >= 0.3 is 0 Å². The highest BCUT2D eigenvalue weighted by Crippen LogP contribution is 2.31. The van der Waals surface area contributed by atoms with Gasteiger partial charge in [-0.25, -0.2) is 0 Å². The van der Waals surface area contributed by atoms with Gasteiger partial charge < -0.3 is 10.2 Å². The van der Waals surface area contributed by atoms with Crippen LogP contribution in [0, 0.1) is 0 Å². The summed E-state index contributed by atoms with van der Waals surface area (Å²) < 4.78 is 0. The van der Waals surface area contributed by atoms with Crippen LogP contribution in [-0.4, -0.2) is 43.4 Å². The molecule has 19 heavy (non-hydrogen) atoms. The largest absolute Gasteiger partial charge is 0.683 e. The second kappa shape index (κ2) is 7.87. The SMILES string of the molecule is CC(C)N(CC[N-]c1ccccc1P(C)C)C(C)C. The first-order valence-corrected chi connectivity index (χ1v) is 9.36. The van der Waals surface area contributed by atoms with Crippen LogP contribution in [0.5, 0.6) is 0 Å². The molecule has 0 aliphatic heterocycles. The van der Waals surface area contributed by atoms with E-state index in [9.17, 15) is 0 Å². The van der Waals surface area contributed by atoms with Gasteiger partial charge in [-0.3, -0.25) is 0 Å². The zero-order chi connectivity index (χ0) is 14.4. The molecule has 1 aromatic carbocycles. The van der Waals surface area contributed by atoms with E-state index in [0.717, 1.165) is 13.1 Å². The Labute approximate surface area is 120 Å². The third-order valence-electron chi connectivity index (χ3n) is 3.33. The molecule has 2 nitrogen and oxygen atoms in total. The minimum absolute atomic E-state index is 0.0805. The summed E-state index contributed by atoms with van der Waals surface area (Å²) in [5.41, 5.74) is 1.19. The predicted molar refractivity (Wildman–Crippen MR) is 89.7 cm³/mol.